The lowest BCUT2D eigenvalue weighted by molar-refractivity contribution is 0.00859. The Morgan fingerprint density at radius 2 is 2.32 bits per heavy atom. The van der Waals surface area contributed by atoms with Gasteiger partial charge < -0.3 is 14.6 Å². The van der Waals surface area contributed by atoms with Crippen molar-refractivity contribution in [3.05, 3.63) is 18.3 Å². The zero-order valence-electron chi connectivity index (χ0n) is 10.9. The minimum Gasteiger partial charge on any atom is -0.368 e. The molecule has 0 aromatic carbocycles. The molecule has 7 heteroatoms. The van der Waals surface area contributed by atoms with Crippen LogP contribution in [0.2, 0.25) is 0 Å². The van der Waals surface area contributed by atoms with E-state index in [-0.39, 0.29) is 6.10 Å². The Hall–Kier alpha value is -1.73. The number of nitrogens with zero attached hydrogens (tertiary/aromatic N) is 4. The highest BCUT2D eigenvalue weighted by Crippen LogP contribution is 2.15. The minimum atomic E-state index is 0.287. The van der Waals surface area contributed by atoms with Gasteiger partial charge in [-0.1, -0.05) is 5.16 Å². The highest BCUT2D eigenvalue weighted by Gasteiger charge is 2.16. The fraction of sp³-hybridized carbons (Fsp3) is 0.583. The van der Waals surface area contributed by atoms with E-state index in [1.165, 1.54) is 0 Å². The van der Waals surface area contributed by atoms with Crippen LogP contribution in [0, 0.1) is 0 Å². The van der Waals surface area contributed by atoms with Gasteiger partial charge in [0, 0.05) is 13.2 Å². The first-order valence-electron chi connectivity index (χ1n) is 6.45. The van der Waals surface area contributed by atoms with E-state index in [9.17, 15) is 0 Å². The molecule has 1 aliphatic heterocycles. The van der Waals surface area contributed by atoms with Crippen LogP contribution in [0.25, 0.3) is 11.4 Å². The quantitative estimate of drug-likeness (QED) is 0.876. The van der Waals surface area contributed by atoms with Gasteiger partial charge in [0.2, 0.25) is 5.82 Å². The Morgan fingerprint density at radius 3 is 3.05 bits per heavy atom. The average Bonchev–Trinajstić information content (AvgIpc) is 3.06. The molecule has 0 radical (unpaired) electrons. The summed E-state index contributed by atoms with van der Waals surface area (Å²) >= 11 is 0. The SMILES string of the molecule is Cn1cc(-c2noc(COC3CCNCC3)n2)cn1. The van der Waals surface area contributed by atoms with Gasteiger partial charge in [0.25, 0.3) is 5.89 Å². The molecular weight excluding hydrogens is 246 g/mol. The minimum absolute atomic E-state index is 0.287. The van der Waals surface area contributed by atoms with Crippen LogP contribution >= 0.6 is 0 Å². The summed E-state index contributed by atoms with van der Waals surface area (Å²) in [6, 6.07) is 0. The van der Waals surface area contributed by atoms with E-state index in [1.54, 1.807) is 10.9 Å². The second kappa shape index (κ2) is 5.50. The third-order valence-electron chi connectivity index (χ3n) is 3.16. The number of aryl methyl sites for hydroxylation is 1. The van der Waals surface area contributed by atoms with Crippen molar-refractivity contribution in [2.75, 3.05) is 13.1 Å². The highest BCUT2D eigenvalue weighted by atomic mass is 16.5. The summed E-state index contributed by atoms with van der Waals surface area (Å²) in [6.07, 6.45) is 5.91. The molecule has 19 heavy (non-hydrogen) atoms. The summed E-state index contributed by atoms with van der Waals surface area (Å²) in [4.78, 5) is 4.31. The maximum atomic E-state index is 5.77. The summed E-state index contributed by atoms with van der Waals surface area (Å²) in [6.45, 7) is 2.39. The predicted octanol–water partition coefficient (Wildman–Crippen LogP) is 0.739. The lowest BCUT2D eigenvalue weighted by Crippen LogP contribution is -2.32. The Bertz CT molecular complexity index is 530. The van der Waals surface area contributed by atoms with Gasteiger partial charge in [-0.2, -0.15) is 10.1 Å². The van der Waals surface area contributed by atoms with Crippen LogP contribution < -0.4 is 5.32 Å². The largest absolute Gasteiger partial charge is 0.368 e. The van der Waals surface area contributed by atoms with E-state index in [0.717, 1.165) is 31.5 Å². The van der Waals surface area contributed by atoms with Crippen molar-refractivity contribution in [2.45, 2.75) is 25.6 Å². The van der Waals surface area contributed by atoms with Crippen LogP contribution in [-0.2, 0) is 18.4 Å². The van der Waals surface area contributed by atoms with E-state index < -0.39 is 0 Å². The molecule has 102 valence electrons. The maximum absolute atomic E-state index is 5.77. The van der Waals surface area contributed by atoms with Crippen LogP contribution in [0.1, 0.15) is 18.7 Å². The maximum Gasteiger partial charge on any atom is 0.252 e. The average molecular weight is 263 g/mol. The highest BCUT2D eigenvalue weighted by molar-refractivity contribution is 5.50. The van der Waals surface area contributed by atoms with Crippen molar-refractivity contribution < 1.29 is 9.26 Å². The molecule has 2 aromatic heterocycles. The third-order valence-corrected chi connectivity index (χ3v) is 3.16. The van der Waals surface area contributed by atoms with E-state index in [1.807, 2.05) is 13.2 Å². The number of piperidine rings is 1. The number of aromatic nitrogens is 4. The summed E-state index contributed by atoms with van der Waals surface area (Å²) < 4.78 is 12.7. The van der Waals surface area contributed by atoms with Gasteiger partial charge in [0.15, 0.2) is 0 Å². The molecule has 0 unspecified atom stereocenters. The molecule has 2 aromatic rings. The second-order valence-corrected chi connectivity index (χ2v) is 4.67. The van der Waals surface area contributed by atoms with E-state index in [0.29, 0.717) is 18.3 Å². The number of ether oxygens (including phenoxy) is 1. The molecule has 0 bridgehead atoms. The first-order chi connectivity index (χ1) is 9.31. The molecule has 0 saturated carbocycles. The zero-order chi connectivity index (χ0) is 13.1. The van der Waals surface area contributed by atoms with Crippen molar-refractivity contribution in [1.82, 2.24) is 25.2 Å². The van der Waals surface area contributed by atoms with Gasteiger partial charge in [-0.15, -0.1) is 0 Å². The Morgan fingerprint density at radius 1 is 1.47 bits per heavy atom. The molecule has 1 saturated heterocycles. The first kappa shape index (κ1) is 12.3. The summed E-state index contributed by atoms with van der Waals surface area (Å²) in [5, 5.41) is 11.3. The Balaban J connectivity index is 1.58. The third kappa shape index (κ3) is 2.99. The van der Waals surface area contributed by atoms with Gasteiger partial charge in [0.05, 0.1) is 17.9 Å². The van der Waals surface area contributed by atoms with Gasteiger partial charge in [0.1, 0.15) is 6.61 Å². The number of nitrogens with one attached hydrogen (secondary N) is 1. The normalized spacial score (nSPS) is 16.9. The molecule has 3 heterocycles. The van der Waals surface area contributed by atoms with Crippen molar-refractivity contribution >= 4 is 0 Å². The monoisotopic (exact) mass is 263 g/mol. The summed E-state index contributed by atoms with van der Waals surface area (Å²) in [7, 11) is 1.85. The smallest absolute Gasteiger partial charge is 0.252 e. The van der Waals surface area contributed by atoms with Crippen LogP contribution in [0.5, 0.6) is 0 Å². The zero-order valence-corrected chi connectivity index (χ0v) is 10.9. The molecule has 0 amide bonds. The number of rotatable bonds is 4. The molecule has 0 atom stereocenters. The van der Waals surface area contributed by atoms with Crippen molar-refractivity contribution in [2.24, 2.45) is 7.05 Å². The van der Waals surface area contributed by atoms with E-state index in [4.69, 9.17) is 9.26 Å². The fourth-order valence-electron chi connectivity index (χ4n) is 2.12. The lowest BCUT2D eigenvalue weighted by atomic mass is 10.1. The molecule has 1 aliphatic rings. The van der Waals surface area contributed by atoms with Crippen molar-refractivity contribution in [3.8, 4) is 11.4 Å². The van der Waals surface area contributed by atoms with Gasteiger partial charge in [-0.05, 0) is 25.9 Å². The standard InChI is InChI=1S/C12H17N5O2/c1-17-7-9(6-14-17)12-15-11(19-16-12)8-18-10-2-4-13-5-3-10/h6-7,10,13H,2-5,8H2,1H3. The Kier molecular flexibility index (Phi) is 3.56. The second-order valence-electron chi connectivity index (χ2n) is 4.67. The summed E-state index contributed by atoms with van der Waals surface area (Å²) in [5.74, 6) is 1.06. The van der Waals surface area contributed by atoms with Gasteiger partial charge in [-0.25, -0.2) is 0 Å². The number of hydrogen-bond donors (Lipinski definition) is 1. The van der Waals surface area contributed by atoms with E-state index in [2.05, 4.69) is 20.6 Å². The van der Waals surface area contributed by atoms with Crippen molar-refractivity contribution in [1.29, 1.82) is 0 Å². The molecule has 3 rings (SSSR count). The topological polar surface area (TPSA) is 78.0 Å². The fourth-order valence-corrected chi connectivity index (χ4v) is 2.12. The molecule has 1 fully saturated rings. The van der Waals surface area contributed by atoms with Crippen LogP contribution in [0.3, 0.4) is 0 Å². The van der Waals surface area contributed by atoms with Gasteiger partial charge in [-0.3, -0.25) is 4.68 Å². The molecular formula is C12H17N5O2. The van der Waals surface area contributed by atoms with Crippen LogP contribution in [-0.4, -0.2) is 39.1 Å². The van der Waals surface area contributed by atoms with Crippen molar-refractivity contribution in [3.63, 3.8) is 0 Å². The molecule has 0 aliphatic carbocycles. The van der Waals surface area contributed by atoms with Crippen LogP contribution in [0.4, 0.5) is 0 Å². The first-order valence-corrected chi connectivity index (χ1v) is 6.45. The van der Waals surface area contributed by atoms with E-state index >= 15 is 0 Å². The van der Waals surface area contributed by atoms with Gasteiger partial charge >= 0.3 is 0 Å². The summed E-state index contributed by atoms with van der Waals surface area (Å²) in [5.41, 5.74) is 0.847. The lowest BCUT2D eigenvalue weighted by Gasteiger charge is -2.21. The molecule has 7 nitrogen and oxygen atoms in total. The number of hydrogen-bond acceptors (Lipinski definition) is 6. The van der Waals surface area contributed by atoms with Crippen LogP contribution in [0.15, 0.2) is 16.9 Å². The molecule has 1 N–H and O–H groups in total. The Labute approximate surface area is 110 Å². The predicted molar refractivity (Wildman–Crippen MR) is 67.2 cm³/mol. The molecule has 0 spiro atoms.